The van der Waals surface area contributed by atoms with Gasteiger partial charge in [-0.25, -0.2) is 0 Å². The molecule has 17 heavy (non-hydrogen) atoms. The molecule has 1 N–H and O–H groups in total. The Morgan fingerprint density at radius 2 is 1.82 bits per heavy atom. The maximum atomic E-state index is 9.18. The number of nitrogens with zero attached hydrogens (tertiary/aromatic N) is 1. The first-order valence-electron chi connectivity index (χ1n) is 6.50. The highest BCUT2D eigenvalue weighted by atomic mass is 16.3. The van der Waals surface area contributed by atoms with Gasteiger partial charge in [0.05, 0.1) is 6.10 Å². The molecule has 1 unspecified atom stereocenters. The molecule has 0 aliphatic rings. The van der Waals surface area contributed by atoms with E-state index in [-0.39, 0.29) is 6.10 Å². The highest BCUT2D eigenvalue weighted by Crippen LogP contribution is 2.05. The van der Waals surface area contributed by atoms with Crippen LogP contribution in [0.4, 0.5) is 0 Å². The van der Waals surface area contributed by atoms with Crippen molar-refractivity contribution in [1.29, 1.82) is 0 Å². The van der Waals surface area contributed by atoms with E-state index in [0.717, 1.165) is 32.4 Å². The minimum absolute atomic E-state index is 0.166. The van der Waals surface area contributed by atoms with Crippen molar-refractivity contribution in [3.8, 4) is 0 Å². The summed E-state index contributed by atoms with van der Waals surface area (Å²) in [4.78, 5) is 2.34. The second kappa shape index (κ2) is 7.46. The Balaban J connectivity index is 2.19. The van der Waals surface area contributed by atoms with Crippen LogP contribution in [0.3, 0.4) is 0 Å². The first kappa shape index (κ1) is 14.2. The van der Waals surface area contributed by atoms with Crippen molar-refractivity contribution in [3.63, 3.8) is 0 Å². The minimum atomic E-state index is -0.166. The molecule has 0 heterocycles. The number of benzene rings is 1. The van der Waals surface area contributed by atoms with Crippen LogP contribution in [0, 0.1) is 6.92 Å². The summed E-state index contributed by atoms with van der Waals surface area (Å²) >= 11 is 0. The third kappa shape index (κ3) is 6.44. The number of likely N-dealkylation sites (N-methyl/N-ethyl adjacent to an activating group) is 1. The van der Waals surface area contributed by atoms with Crippen LogP contribution in [0.15, 0.2) is 24.3 Å². The largest absolute Gasteiger partial charge is 0.393 e. The van der Waals surface area contributed by atoms with Crippen LogP contribution in [0.25, 0.3) is 0 Å². The molecule has 0 fully saturated rings. The number of rotatable bonds is 7. The Kier molecular flexibility index (Phi) is 6.23. The quantitative estimate of drug-likeness (QED) is 0.785. The van der Waals surface area contributed by atoms with Crippen LogP contribution in [0.2, 0.25) is 0 Å². The van der Waals surface area contributed by atoms with E-state index in [1.54, 1.807) is 0 Å². The number of hydrogen-bond donors (Lipinski definition) is 1. The summed E-state index contributed by atoms with van der Waals surface area (Å²) in [6.45, 7) is 6.12. The van der Waals surface area contributed by atoms with Gasteiger partial charge in [-0.05, 0) is 52.3 Å². The van der Waals surface area contributed by atoms with Crippen LogP contribution in [-0.2, 0) is 6.42 Å². The van der Waals surface area contributed by atoms with Gasteiger partial charge in [0, 0.05) is 6.54 Å². The molecule has 1 rings (SSSR count). The molecule has 0 aliphatic carbocycles. The van der Waals surface area contributed by atoms with Crippen molar-refractivity contribution in [3.05, 3.63) is 35.4 Å². The Bertz CT molecular complexity index is 305. The lowest BCUT2D eigenvalue weighted by molar-refractivity contribution is 0.174. The van der Waals surface area contributed by atoms with E-state index in [0.29, 0.717) is 0 Å². The normalized spacial score (nSPS) is 13.0. The molecule has 0 spiro atoms. The van der Waals surface area contributed by atoms with E-state index in [1.807, 2.05) is 6.92 Å². The average molecular weight is 235 g/mol. The molecule has 0 amide bonds. The van der Waals surface area contributed by atoms with E-state index in [4.69, 9.17) is 0 Å². The van der Waals surface area contributed by atoms with Gasteiger partial charge in [0.1, 0.15) is 0 Å². The predicted molar refractivity (Wildman–Crippen MR) is 73.3 cm³/mol. The zero-order valence-electron chi connectivity index (χ0n) is 11.3. The topological polar surface area (TPSA) is 23.5 Å². The van der Waals surface area contributed by atoms with Crippen LogP contribution >= 0.6 is 0 Å². The first-order valence-corrected chi connectivity index (χ1v) is 6.50. The highest BCUT2D eigenvalue weighted by molar-refractivity contribution is 5.21. The molecule has 2 nitrogen and oxygen atoms in total. The van der Waals surface area contributed by atoms with Gasteiger partial charge in [-0.15, -0.1) is 0 Å². The molecule has 1 atom stereocenters. The van der Waals surface area contributed by atoms with E-state index >= 15 is 0 Å². The summed E-state index contributed by atoms with van der Waals surface area (Å²) < 4.78 is 0. The Labute approximate surface area is 105 Å². The molecule has 0 bridgehead atoms. The number of aliphatic hydroxyl groups excluding tert-OH is 1. The van der Waals surface area contributed by atoms with Crippen LogP contribution in [0.1, 0.15) is 30.9 Å². The molecular weight excluding hydrogens is 210 g/mol. The molecule has 96 valence electrons. The maximum absolute atomic E-state index is 9.18. The van der Waals surface area contributed by atoms with Crippen molar-refractivity contribution in [2.24, 2.45) is 0 Å². The van der Waals surface area contributed by atoms with Gasteiger partial charge in [0.25, 0.3) is 0 Å². The monoisotopic (exact) mass is 235 g/mol. The minimum Gasteiger partial charge on any atom is -0.393 e. The molecule has 0 saturated carbocycles. The zero-order chi connectivity index (χ0) is 12.7. The summed E-state index contributed by atoms with van der Waals surface area (Å²) in [6, 6.07) is 8.75. The maximum Gasteiger partial charge on any atom is 0.0512 e. The standard InChI is InChI=1S/C15H25NO/c1-13-6-8-15(9-7-13)10-12-16(3)11-4-5-14(2)17/h6-9,14,17H,4-5,10-12H2,1-3H3. The van der Waals surface area contributed by atoms with Crippen molar-refractivity contribution in [1.82, 2.24) is 4.90 Å². The molecule has 2 heteroatoms. The van der Waals surface area contributed by atoms with Gasteiger partial charge in [-0.3, -0.25) is 0 Å². The van der Waals surface area contributed by atoms with Crippen molar-refractivity contribution < 1.29 is 5.11 Å². The van der Waals surface area contributed by atoms with Crippen LogP contribution in [-0.4, -0.2) is 36.2 Å². The molecule has 1 aromatic rings. The van der Waals surface area contributed by atoms with Crippen molar-refractivity contribution in [2.75, 3.05) is 20.1 Å². The van der Waals surface area contributed by atoms with Gasteiger partial charge in [-0.2, -0.15) is 0 Å². The van der Waals surface area contributed by atoms with Gasteiger partial charge in [0.2, 0.25) is 0 Å². The van der Waals surface area contributed by atoms with Crippen molar-refractivity contribution >= 4 is 0 Å². The Morgan fingerprint density at radius 3 is 2.41 bits per heavy atom. The lowest BCUT2D eigenvalue weighted by atomic mass is 10.1. The molecule has 0 radical (unpaired) electrons. The summed E-state index contributed by atoms with van der Waals surface area (Å²) in [5, 5.41) is 9.18. The van der Waals surface area contributed by atoms with E-state index in [1.165, 1.54) is 11.1 Å². The van der Waals surface area contributed by atoms with Gasteiger partial charge >= 0.3 is 0 Å². The Morgan fingerprint density at radius 1 is 1.18 bits per heavy atom. The average Bonchev–Trinajstić information content (AvgIpc) is 2.28. The van der Waals surface area contributed by atoms with E-state index < -0.39 is 0 Å². The lowest BCUT2D eigenvalue weighted by Crippen LogP contribution is -2.23. The lowest BCUT2D eigenvalue weighted by Gasteiger charge is -2.17. The highest BCUT2D eigenvalue weighted by Gasteiger charge is 2.01. The number of hydrogen-bond acceptors (Lipinski definition) is 2. The fraction of sp³-hybridized carbons (Fsp3) is 0.600. The molecule has 0 aromatic heterocycles. The van der Waals surface area contributed by atoms with Gasteiger partial charge in [-0.1, -0.05) is 29.8 Å². The Hall–Kier alpha value is -0.860. The fourth-order valence-corrected chi connectivity index (χ4v) is 1.84. The first-order chi connectivity index (χ1) is 8.08. The molecule has 0 saturated heterocycles. The summed E-state index contributed by atoms with van der Waals surface area (Å²) in [5.74, 6) is 0. The third-order valence-corrected chi connectivity index (χ3v) is 3.06. The predicted octanol–water partition coefficient (Wildman–Crippen LogP) is 2.63. The number of aliphatic hydroxyl groups is 1. The smallest absolute Gasteiger partial charge is 0.0512 e. The second-order valence-corrected chi connectivity index (χ2v) is 5.03. The summed E-state index contributed by atoms with van der Waals surface area (Å²) in [7, 11) is 2.15. The van der Waals surface area contributed by atoms with Gasteiger partial charge in [0.15, 0.2) is 0 Å². The molecule has 1 aromatic carbocycles. The molecule has 0 aliphatic heterocycles. The summed E-state index contributed by atoms with van der Waals surface area (Å²) in [5.41, 5.74) is 2.72. The SMILES string of the molecule is Cc1ccc(CCN(C)CCCC(C)O)cc1. The fourth-order valence-electron chi connectivity index (χ4n) is 1.84. The van der Waals surface area contributed by atoms with E-state index in [2.05, 4.69) is 43.1 Å². The van der Waals surface area contributed by atoms with Crippen molar-refractivity contribution in [2.45, 2.75) is 39.2 Å². The van der Waals surface area contributed by atoms with E-state index in [9.17, 15) is 5.11 Å². The summed E-state index contributed by atoms with van der Waals surface area (Å²) in [6.07, 6.45) is 2.91. The van der Waals surface area contributed by atoms with Crippen LogP contribution < -0.4 is 0 Å². The zero-order valence-corrected chi connectivity index (χ0v) is 11.3. The number of aryl methyl sites for hydroxylation is 1. The third-order valence-electron chi connectivity index (χ3n) is 3.06. The van der Waals surface area contributed by atoms with Gasteiger partial charge < -0.3 is 10.0 Å². The second-order valence-electron chi connectivity index (χ2n) is 5.03. The molecular formula is C15H25NO. The van der Waals surface area contributed by atoms with Crippen LogP contribution in [0.5, 0.6) is 0 Å².